The topological polar surface area (TPSA) is 95.4 Å². The van der Waals surface area contributed by atoms with Crippen LogP contribution in [0.15, 0.2) is 57.9 Å². The van der Waals surface area contributed by atoms with Gasteiger partial charge in [0.1, 0.15) is 18.1 Å². The Kier molecular flexibility index (Phi) is 3.36. The molecule has 0 fully saturated rings. The van der Waals surface area contributed by atoms with E-state index in [1.807, 2.05) is 24.3 Å². The second-order valence-corrected chi connectivity index (χ2v) is 5.99. The summed E-state index contributed by atoms with van der Waals surface area (Å²) < 4.78 is 33.0. The lowest BCUT2D eigenvalue weighted by Gasteiger charge is -2.05. The van der Waals surface area contributed by atoms with Gasteiger partial charge in [-0.05, 0) is 36.4 Å². The Balaban J connectivity index is 1.76. The standard InChI is InChI=1S/C14H12N2O4S/c15-21(17,18)11-7-5-10(6-8-11)19-9-13-12-3-1-2-4-14(12)20-16-13/h1-8H,9H2,(H2,15,17,18). The number of aromatic nitrogens is 1. The summed E-state index contributed by atoms with van der Waals surface area (Å²) in [5, 5.41) is 9.87. The molecule has 0 saturated heterocycles. The van der Waals surface area contributed by atoms with Crippen LogP contribution in [0.5, 0.6) is 5.75 Å². The fourth-order valence-electron chi connectivity index (χ4n) is 1.92. The third kappa shape index (κ3) is 2.88. The third-order valence-corrected chi connectivity index (χ3v) is 3.91. The molecule has 3 rings (SSSR count). The van der Waals surface area contributed by atoms with Gasteiger partial charge in [0.2, 0.25) is 10.0 Å². The van der Waals surface area contributed by atoms with Crippen LogP contribution in [0, 0.1) is 0 Å². The molecule has 0 aliphatic rings. The van der Waals surface area contributed by atoms with Crippen molar-refractivity contribution in [2.45, 2.75) is 11.5 Å². The van der Waals surface area contributed by atoms with E-state index in [1.54, 1.807) is 12.1 Å². The van der Waals surface area contributed by atoms with Crippen LogP contribution in [0.1, 0.15) is 5.69 Å². The van der Waals surface area contributed by atoms with Crippen LogP contribution in [0.2, 0.25) is 0 Å². The van der Waals surface area contributed by atoms with Crippen molar-refractivity contribution >= 4 is 21.0 Å². The molecule has 0 amide bonds. The van der Waals surface area contributed by atoms with Gasteiger partial charge in [-0.25, -0.2) is 13.6 Å². The molecule has 2 aromatic carbocycles. The zero-order chi connectivity index (χ0) is 14.9. The highest BCUT2D eigenvalue weighted by molar-refractivity contribution is 7.89. The van der Waals surface area contributed by atoms with Crippen molar-refractivity contribution in [1.29, 1.82) is 0 Å². The second kappa shape index (κ2) is 5.19. The fourth-order valence-corrected chi connectivity index (χ4v) is 2.43. The molecule has 0 aliphatic heterocycles. The first kappa shape index (κ1) is 13.6. The Morgan fingerprint density at radius 3 is 2.52 bits per heavy atom. The van der Waals surface area contributed by atoms with Crippen molar-refractivity contribution in [1.82, 2.24) is 5.16 Å². The van der Waals surface area contributed by atoms with Crippen molar-refractivity contribution in [3.63, 3.8) is 0 Å². The van der Waals surface area contributed by atoms with Gasteiger partial charge in [-0.1, -0.05) is 17.3 Å². The molecule has 0 radical (unpaired) electrons. The SMILES string of the molecule is NS(=O)(=O)c1ccc(OCc2noc3ccccc23)cc1. The van der Waals surface area contributed by atoms with E-state index in [1.165, 1.54) is 12.1 Å². The van der Waals surface area contributed by atoms with Gasteiger partial charge in [0.15, 0.2) is 5.58 Å². The van der Waals surface area contributed by atoms with Crippen LogP contribution < -0.4 is 9.88 Å². The van der Waals surface area contributed by atoms with E-state index in [2.05, 4.69) is 5.16 Å². The highest BCUT2D eigenvalue weighted by Crippen LogP contribution is 2.20. The van der Waals surface area contributed by atoms with Gasteiger partial charge < -0.3 is 9.26 Å². The average molecular weight is 304 g/mol. The molecule has 1 heterocycles. The Morgan fingerprint density at radius 1 is 1.10 bits per heavy atom. The van der Waals surface area contributed by atoms with Crippen LogP contribution in [-0.4, -0.2) is 13.6 Å². The smallest absolute Gasteiger partial charge is 0.238 e. The summed E-state index contributed by atoms with van der Waals surface area (Å²) in [5.41, 5.74) is 1.38. The number of fused-ring (bicyclic) bond motifs is 1. The summed E-state index contributed by atoms with van der Waals surface area (Å²) in [6.45, 7) is 0.228. The Hall–Kier alpha value is -2.38. The molecule has 0 spiro atoms. The minimum absolute atomic E-state index is 0.0433. The van der Waals surface area contributed by atoms with Crippen LogP contribution in [-0.2, 0) is 16.6 Å². The zero-order valence-corrected chi connectivity index (χ0v) is 11.7. The highest BCUT2D eigenvalue weighted by atomic mass is 32.2. The Morgan fingerprint density at radius 2 is 1.81 bits per heavy atom. The monoisotopic (exact) mass is 304 g/mol. The maximum atomic E-state index is 11.1. The van der Waals surface area contributed by atoms with Crippen LogP contribution in [0.4, 0.5) is 0 Å². The lowest BCUT2D eigenvalue weighted by Crippen LogP contribution is -2.11. The number of rotatable bonds is 4. The fraction of sp³-hybridized carbons (Fsp3) is 0.0714. The second-order valence-electron chi connectivity index (χ2n) is 4.43. The molecule has 1 aromatic heterocycles. The number of ether oxygens (including phenoxy) is 1. The van der Waals surface area contributed by atoms with E-state index < -0.39 is 10.0 Å². The average Bonchev–Trinajstić information content (AvgIpc) is 2.88. The van der Waals surface area contributed by atoms with E-state index in [-0.39, 0.29) is 11.5 Å². The van der Waals surface area contributed by atoms with E-state index in [9.17, 15) is 8.42 Å². The maximum absolute atomic E-state index is 11.1. The number of hydrogen-bond donors (Lipinski definition) is 1. The molecule has 2 N–H and O–H groups in total. The van der Waals surface area contributed by atoms with Crippen molar-refractivity contribution in [3.05, 3.63) is 54.2 Å². The molecule has 108 valence electrons. The quantitative estimate of drug-likeness (QED) is 0.796. The van der Waals surface area contributed by atoms with E-state index in [4.69, 9.17) is 14.4 Å². The van der Waals surface area contributed by atoms with Crippen molar-refractivity contribution in [3.8, 4) is 5.75 Å². The molecule has 6 nitrogen and oxygen atoms in total. The van der Waals surface area contributed by atoms with E-state index >= 15 is 0 Å². The van der Waals surface area contributed by atoms with Crippen LogP contribution in [0.25, 0.3) is 11.0 Å². The number of para-hydroxylation sites is 1. The number of primary sulfonamides is 1. The van der Waals surface area contributed by atoms with Crippen molar-refractivity contribution in [2.24, 2.45) is 5.14 Å². The lowest BCUT2D eigenvalue weighted by molar-refractivity contribution is 0.292. The van der Waals surface area contributed by atoms with E-state index in [0.717, 1.165) is 5.39 Å². The predicted octanol–water partition coefficient (Wildman–Crippen LogP) is 2.05. The number of benzene rings is 2. The Bertz CT molecular complexity index is 869. The number of nitrogens with two attached hydrogens (primary N) is 1. The zero-order valence-electron chi connectivity index (χ0n) is 10.9. The largest absolute Gasteiger partial charge is 0.487 e. The molecule has 0 bridgehead atoms. The number of sulfonamides is 1. The molecular weight excluding hydrogens is 292 g/mol. The predicted molar refractivity (Wildman–Crippen MR) is 76.2 cm³/mol. The van der Waals surface area contributed by atoms with Gasteiger partial charge >= 0.3 is 0 Å². The molecule has 3 aromatic rings. The summed E-state index contributed by atoms with van der Waals surface area (Å²) in [4.78, 5) is 0.0433. The van der Waals surface area contributed by atoms with Crippen molar-refractivity contribution < 1.29 is 17.7 Å². The summed E-state index contributed by atoms with van der Waals surface area (Å²) in [6.07, 6.45) is 0. The summed E-state index contributed by atoms with van der Waals surface area (Å²) >= 11 is 0. The summed E-state index contributed by atoms with van der Waals surface area (Å²) in [7, 11) is -3.69. The highest BCUT2D eigenvalue weighted by Gasteiger charge is 2.09. The molecular formula is C14H12N2O4S. The molecule has 0 atom stereocenters. The van der Waals surface area contributed by atoms with Gasteiger partial charge in [0.05, 0.1) is 4.90 Å². The minimum Gasteiger partial charge on any atom is -0.487 e. The molecule has 7 heteroatoms. The number of nitrogens with zero attached hydrogens (tertiary/aromatic N) is 1. The normalized spacial score (nSPS) is 11.7. The molecule has 0 aliphatic carbocycles. The maximum Gasteiger partial charge on any atom is 0.238 e. The van der Waals surface area contributed by atoms with Gasteiger partial charge in [0, 0.05) is 5.39 Å². The first-order valence-electron chi connectivity index (χ1n) is 6.13. The van der Waals surface area contributed by atoms with Gasteiger partial charge in [-0.15, -0.1) is 0 Å². The molecule has 0 saturated carbocycles. The van der Waals surface area contributed by atoms with Gasteiger partial charge in [-0.3, -0.25) is 0 Å². The van der Waals surface area contributed by atoms with E-state index in [0.29, 0.717) is 17.0 Å². The number of hydrogen-bond acceptors (Lipinski definition) is 5. The van der Waals surface area contributed by atoms with Crippen molar-refractivity contribution in [2.75, 3.05) is 0 Å². The molecule has 0 unspecified atom stereocenters. The summed E-state index contributed by atoms with van der Waals surface area (Å²) in [5.74, 6) is 0.523. The first-order valence-corrected chi connectivity index (χ1v) is 7.67. The van der Waals surface area contributed by atoms with Crippen LogP contribution in [0.3, 0.4) is 0 Å². The summed E-state index contributed by atoms with van der Waals surface area (Å²) in [6, 6.07) is 13.4. The Labute approximate surface area is 121 Å². The minimum atomic E-state index is -3.69. The lowest BCUT2D eigenvalue weighted by atomic mass is 10.2. The molecule has 21 heavy (non-hydrogen) atoms. The van der Waals surface area contributed by atoms with Crippen LogP contribution >= 0.6 is 0 Å². The first-order chi connectivity index (χ1) is 10.0. The third-order valence-electron chi connectivity index (χ3n) is 2.98. The van der Waals surface area contributed by atoms with Gasteiger partial charge in [0.25, 0.3) is 0 Å². The van der Waals surface area contributed by atoms with Gasteiger partial charge in [-0.2, -0.15) is 0 Å².